The van der Waals surface area contributed by atoms with E-state index >= 15 is 0 Å². The van der Waals surface area contributed by atoms with Gasteiger partial charge in [-0.2, -0.15) is 0 Å². The number of fused-ring (bicyclic) bond motifs is 1. The summed E-state index contributed by atoms with van der Waals surface area (Å²) < 4.78 is 4.39. The molecule has 3 aromatic carbocycles. The lowest BCUT2D eigenvalue weighted by molar-refractivity contribution is -0.135. The fourth-order valence-electron chi connectivity index (χ4n) is 3.70. The van der Waals surface area contributed by atoms with Crippen LogP contribution in [0.25, 0.3) is 10.8 Å². The molecule has 3 rings (SSSR count). The number of carbonyl (C=O) groups is 4. The Kier molecular flexibility index (Phi) is 8.77. The van der Waals surface area contributed by atoms with Gasteiger partial charge in [-0.1, -0.05) is 48.5 Å². The molecule has 0 aliphatic heterocycles. The first-order valence-corrected chi connectivity index (χ1v) is 11.3. The molecule has 0 fully saturated rings. The maximum absolute atomic E-state index is 13.2. The van der Waals surface area contributed by atoms with Gasteiger partial charge < -0.3 is 15.8 Å². The molecule has 9 heteroatoms. The van der Waals surface area contributed by atoms with E-state index in [1.807, 2.05) is 49.4 Å². The van der Waals surface area contributed by atoms with Crippen molar-refractivity contribution in [1.29, 1.82) is 0 Å². The lowest BCUT2D eigenvalue weighted by atomic mass is 9.98. The number of rotatable bonds is 8. The van der Waals surface area contributed by atoms with E-state index in [2.05, 4.69) is 20.9 Å². The second-order valence-corrected chi connectivity index (χ2v) is 8.07. The molecule has 0 saturated heterocycles. The SMILES string of the molecule is COC(=O)/C=C/C(=O)NNC(=O)CCc1ccc(N)cc1C(=O)NC(C)c1cccc2ccccc12. The summed E-state index contributed by atoms with van der Waals surface area (Å²) in [5.41, 5.74) is 12.8. The van der Waals surface area contributed by atoms with Crippen molar-refractivity contribution in [3.8, 4) is 0 Å². The average Bonchev–Trinajstić information content (AvgIpc) is 2.89. The molecule has 0 saturated carbocycles. The molecule has 0 aliphatic rings. The average molecular weight is 489 g/mol. The molecule has 0 aliphatic carbocycles. The Morgan fingerprint density at radius 1 is 0.972 bits per heavy atom. The number of amides is 3. The van der Waals surface area contributed by atoms with Crippen LogP contribution in [0, 0.1) is 0 Å². The number of aryl methyl sites for hydroxylation is 1. The minimum absolute atomic E-state index is 0.00404. The first kappa shape index (κ1) is 26.0. The Balaban J connectivity index is 1.64. The van der Waals surface area contributed by atoms with Gasteiger partial charge in [0.15, 0.2) is 0 Å². The van der Waals surface area contributed by atoms with Gasteiger partial charge in [-0.15, -0.1) is 0 Å². The number of anilines is 1. The number of hydrazine groups is 1. The number of methoxy groups -OCH3 is 1. The summed E-state index contributed by atoms with van der Waals surface area (Å²) in [5.74, 6) is -2.16. The molecule has 3 amide bonds. The van der Waals surface area contributed by atoms with E-state index in [9.17, 15) is 19.2 Å². The van der Waals surface area contributed by atoms with Crippen molar-refractivity contribution in [1.82, 2.24) is 16.2 Å². The highest BCUT2D eigenvalue weighted by molar-refractivity contribution is 5.98. The second-order valence-electron chi connectivity index (χ2n) is 8.07. The minimum Gasteiger partial charge on any atom is -0.466 e. The zero-order valence-electron chi connectivity index (χ0n) is 20.0. The molecule has 36 heavy (non-hydrogen) atoms. The number of carbonyl (C=O) groups excluding carboxylic acids is 4. The molecule has 1 atom stereocenters. The van der Waals surface area contributed by atoms with Gasteiger partial charge in [-0.25, -0.2) is 4.79 Å². The smallest absolute Gasteiger partial charge is 0.330 e. The number of ether oxygens (including phenoxy) is 1. The van der Waals surface area contributed by atoms with Crippen molar-refractivity contribution in [2.45, 2.75) is 25.8 Å². The normalized spacial score (nSPS) is 11.6. The third-order valence-electron chi connectivity index (χ3n) is 5.53. The maximum Gasteiger partial charge on any atom is 0.330 e. The summed E-state index contributed by atoms with van der Waals surface area (Å²) in [7, 11) is 1.18. The van der Waals surface area contributed by atoms with Gasteiger partial charge in [0, 0.05) is 29.8 Å². The summed E-state index contributed by atoms with van der Waals surface area (Å²) in [6.45, 7) is 1.91. The topological polar surface area (TPSA) is 140 Å². The highest BCUT2D eigenvalue weighted by atomic mass is 16.5. The lowest BCUT2D eigenvalue weighted by Crippen LogP contribution is -2.41. The van der Waals surface area contributed by atoms with Gasteiger partial charge in [0.25, 0.3) is 11.8 Å². The molecule has 3 aromatic rings. The van der Waals surface area contributed by atoms with Gasteiger partial charge in [0.1, 0.15) is 0 Å². The molecular formula is C27H28N4O5. The summed E-state index contributed by atoms with van der Waals surface area (Å²) in [6.07, 6.45) is 2.11. The third kappa shape index (κ3) is 6.92. The lowest BCUT2D eigenvalue weighted by Gasteiger charge is -2.18. The number of nitrogens with one attached hydrogen (secondary N) is 3. The number of nitrogens with two attached hydrogens (primary N) is 1. The number of esters is 1. The molecule has 0 heterocycles. The van der Waals surface area contributed by atoms with Crippen LogP contribution in [0.15, 0.2) is 72.8 Å². The standard InChI is InChI=1S/C27H28N4O5/c1-17(21-9-5-7-18-6-3-4-8-22(18)21)29-27(35)23-16-20(28)12-10-19(23)11-13-24(32)30-31-25(33)14-15-26(34)36-2/h3-10,12,14-17H,11,13,28H2,1-2H3,(H,29,35)(H,30,32)(H,31,33)/b15-14+. The highest BCUT2D eigenvalue weighted by Gasteiger charge is 2.17. The Bertz CT molecular complexity index is 1310. The monoisotopic (exact) mass is 488 g/mol. The van der Waals surface area contributed by atoms with Crippen LogP contribution in [0.2, 0.25) is 0 Å². The molecular weight excluding hydrogens is 460 g/mol. The largest absolute Gasteiger partial charge is 0.466 e. The quantitative estimate of drug-likeness (QED) is 0.166. The fraction of sp³-hybridized carbons (Fsp3) is 0.185. The number of hydrogen-bond donors (Lipinski definition) is 4. The van der Waals surface area contributed by atoms with Crippen LogP contribution in [-0.2, 0) is 25.5 Å². The number of benzene rings is 3. The van der Waals surface area contributed by atoms with E-state index in [0.29, 0.717) is 16.8 Å². The van der Waals surface area contributed by atoms with E-state index in [1.54, 1.807) is 18.2 Å². The van der Waals surface area contributed by atoms with Crippen LogP contribution in [-0.4, -0.2) is 30.8 Å². The summed E-state index contributed by atoms with van der Waals surface area (Å²) in [4.78, 5) is 48.0. The molecule has 5 N–H and O–H groups in total. The molecule has 9 nitrogen and oxygen atoms in total. The molecule has 0 bridgehead atoms. The zero-order valence-corrected chi connectivity index (χ0v) is 20.0. The van der Waals surface area contributed by atoms with Crippen molar-refractivity contribution in [3.05, 3.63) is 89.5 Å². The Labute approximate surface area is 208 Å². The van der Waals surface area contributed by atoms with Crippen LogP contribution >= 0.6 is 0 Å². The van der Waals surface area contributed by atoms with Crippen molar-refractivity contribution < 1.29 is 23.9 Å². The first-order chi connectivity index (χ1) is 17.3. The Morgan fingerprint density at radius 3 is 2.50 bits per heavy atom. The maximum atomic E-state index is 13.2. The van der Waals surface area contributed by atoms with E-state index in [0.717, 1.165) is 28.5 Å². The van der Waals surface area contributed by atoms with Gasteiger partial charge in [0.05, 0.1) is 13.2 Å². The van der Waals surface area contributed by atoms with Crippen LogP contribution in [0.1, 0.15) is 40.9 Å². The first-order valence-electron chi connectivity index (χ1n) is 11.3. The molecule has 0 radical (unpaired) electrons. The van der Waals surface area contributed by atoms with Crippen molar-refractivity contribution in [3.63, 3.8) is 0 Å². The Morgan fingerprint density at radius 2 is 1.72 bits per heavy atom. The van der Waals surface area contributed by atoms with Crippen LogP contribution < -0.4 is 21.9 Å². The van der Waals surface area contributed by atoms with E-state index in [4.69, 9.17) is 5.73 Å². The summed E-state index contributed by atoms with van der Waals surface area (Å²) in [5, 5.41) is 5.17. The van der Waals surface area contributed by atoms with E-state index in [-0.39, 0.29) is 24.8 Å². The van der Waals surface area contributed by atoms with Crippen molar-refractivity contribution >= 4 is 40.2 Å². The summed E-state index contributed by atoms with van der Waals surface area (Å²) in [6, 6.07) is 18.6. The fourth-order valence-corrected chi connectivity index (χ4v) is 3.70. The second kappa shape index (κ2) is 12.2. The highest BCUT2D eigenvalue weighted by Crippen LogP contribution is 2.25. The van der Waals surface area contributed by atoms with Crippen LogP contribution in [0.5, 0.6) is 0 Å². The third-order valence-corrected chi connectivity index (χ3v) is 5.53. The van der Waals surface area contributed by atoms with Crippen molar-refractivity contribution in [2.24, 2.45) is 0 Å². The van der Waals surface area contributed by atoms with Crippen LogP contribution in [0.4, 0.5) is 5.69 Å². The van der Waals surface area contributed by atoms with Gasteiger partial charge in [-0.3, -0.25) is 25.2 Å². The number of nitrogen functional groups attached to an aromatic ring is 1. The molecule has 1 unspecified atom stereocenters. The van der Waals surface area contributed by atoms with Gasteiger partial charge >= 0.3 is 5.97 Å². The van der Waals surface area contributed by atoms with Gasteiger partial charge in [0.2, 0.25) is 5.91 Å². The predicted molar refractivity (Wildman–Crippen MR) is 136 cm³/mol. The number of hydrogen-bond acceptors (Lipinski definition) is 6. The summed E-state index contributed by atoms with van der Waals surface area (Å²) >= 11 is 0. The molecule has 186 valence electrons. The predicted octanol–water partition coefficient (Wildman–Crippen LogP) is 2.72. The molecule has 0 aromatic heterocycles. The van der Waals surface area contributed by atoms with Crippen LogP contribution in [0.3, 0.4) is 0 Å². The van der Waals surface area contributed by atoms with Gasteiger partial charge in [-0.05, 0) is 47.4 Å². The van der Waals surface area contributed by atoms with Crippen molar-refractivity contribution in [2.75, 3.05) is 12.8 Å². The minimum atomic E-state index is -0.694. The molecule has 0 spiro atoms. The Hall–Kier alpha value is -4.66. The van der Waals surface area contributed by atoms with E-state index in [1.165, 1.54) is 7.11 Å². The zero-order chi connectivity index (χ0) is 26.1. The van der Waals surface area contributed by atoms with E-state index < -0.39 is 17.8 Å².